The van der Waals surface area contributed by atoms with Gasteiger partial charge in [-0.2, -0.15) is 0 Å². The maximum atomic E-state index is 12.7. The molecule has 4 heterocycles. The largest absolute Gasteiger partial charge is 0.478 e. The fourth-order valence-electron chi connectivity index (χ4n) is 3.77. The van der Waals surface area contributed by atoms with Gasteiger partial charge in [-0.3, -0.25) is 14.7 Å². The summed E-state index contributed by atoms with van der Waals surface area (Å²) in [4.78, 5) is 29.4. The summed E-state index contributed by atoms with van der Waals surface area (Å²) < 4.78 is 5.37. The third-order valence-corrected chi connectivity index (χ3v) is 6.88. The molecule has 1 aliphatic rings. The summed E-state index contributed by atoms with van der Waals surface area (Å²) >= 11 is 7.82. The van der Waals surface area contributed by atoms with E-state index in [1.165, 1.54) is 10.9 Å². The number of nitrogens with zero attached hydrogens (tertiary/aromatic N) is 4. The van der Waals surface area contributed by atoms with Gasteiger partial charge < -0.3 is 15.8 Å². The minimum absolute atomic E-state index is 0.109. The predicted octanol–water partition coefficient (Wildman–Crippen LogP) is 3.88. The van der Waals surface area contributed by atoms with Crippen LogP contribution in [0.2, 0.25) is 5.02 Å². The Hall–Kier alpha value is -2.75. The van der Waals surface area contributed by atoms with E-state index in [1.807, 2.05) is 31.3 Å². The van der Waals surface area contributed by atoms with Crippen molar-refractivity contribution in [2.45, 2.75) is 26.3 Å². The summed E-state index contributed by atoms with van der Waals surface area (Å²) in [5.74, 6) is 0.372. The van der Waals surface area contributed by atoms with Gasteiger partial charge in [0, 0.05) is 36.4 Å². The van der Waals surface area contributed by atoms with Crippen LogP contribution in [0.5, 0.6) is 5.88 Å². The summed E-state index contributed by atoms with van der Waals surface area (Å²) in [6.07, 6.45) is 5.75. The predicted molar refractivity (Wildman–Crippen MR) is 131 cm³/mol. The highest BCUT2D eigenvalue weighted by atomic mass is 35.5. The van der Waals surface area contributed by atoms with E-state index in [9.17, 15) is 4.79 Å². The van der Waals surface area contributed by atoms with Gasteiger partial charge in [0.05, 0.1) is 23.0 Å². The van der Waals surface area contributed by atoms with Crippen LogP contribution < -0.4 is 15.8 Å². The van der Waals surface area contributed by atoms with Gasteiger partial charge in [0.15, 0.2) is 5.69 Å². The van der Waals surface area contributed by atoms with Crippen LogP contribution in [0.1, 0.15) is 35.1 Å². The zero-order chi connectivity index (χ0) is 23.2. The summed E-state index contributed by atoms with van der Waals surface area (Å²) in [7, 11) is 0. The lowest BCUT2D eigenvalue weighted by Crippen LogP contribution is -2.38. The normalized spacial score (nSPS) is 14.8. The average molecular weight is 487 g/mol. The number of pyridine rings is 2. The number of rotatable bonds is 8. The highest BCUT2D eigenvalue weighted by Crippen LogP contribution is 2.27. The van der Waals surface area contributed by atoms with Gasteiger partial charge in [0.2, 0.25) is 5.88 Å². The summed E-state index contributed by atoms with van der Waals surface area (Å²) in [6, 6.07) is 7.38. The number of aromatic nitrogens is 3. The molecule has 3 N–H and O–H groups in total. The number of carbonyl (C=O) groups is 1. The van der Waals surface area contributed by atoms with Crippen LogP contribution in [0.15, 0.2) is 36.7 Å². The summed E-state index contributed by atoms with van der Waals surface area (Å²) in [5.41, 5.74) is 7.15. The Morgan fingerprint density at radius 1 is 1.33 bits per heavy atom. The maximum Gasteiger partial charge on any atom is 0.272 e. The number of thiazole rings is 1. The topological polar surface area (TPSA) is 106 Å². The van der Waals surface area contributed by atoms with E-state index in [-0.39, 0.29) is 22.3 Å². The molecule has 0 radical (unpaired) electrons. The van der Waals surface area contributed by atoms with Gasteiger partial charge >= 0.3 is 0 Å². The van der Waals surface area contributed by atoms with Crippen molar-refractivity contribution in [3.05, 3.63) is 52.3 Å². The molecule has 3 aromatic rings. The summed E-state index contributed by atoms with van der Waals surface area (Å²) in [6.45, 7) is 5.68. The molecule has 0 aromatic carbocycles. The van der Waals surface area contributed by atoms with E-state index in [4.69, 9.17) is 22.1 Å². The molecule has 1 aliphatic heterocycles. The number of ether oxygens (including phenoxy) is 1. The molecule has 1 amide bonds. The average Bonchev–Trinajstić information content (AvgIpc) is 3.30. The molecule has 0 aliphatic carbocycles. The van der Waals surface area contributed by atoms with E-state index < -0.39 is 0 Å². The van der Waals surface area contributed by atoms with Crippen molar-refractivity contribution in [1.82, 2.24) is 25.2 Å². The second-order valence-corrected chi connectivity index (χ2v) is 9.44. The molecule has 0 saturated carbocycles. The third-order valence-electron chi connectivity index (χ3n) is 5.57. The van der Waals surface area contributed by atoms with Gasteiger partial charge in [0.25, 0.3) is 5.91 Å². The highest BCUT2D eigenvalue weighted by molar-refractivity contribution is 7.14. The van der Waals surface area contributed by atoms with Crippen LogP contribution >= 0.6 is 22.9 Å². The van der Waals surface area contributed by atoms with E-state index in [0.717, 1.165) is 43.2 Å². The zero-order valence-electron chi connectivity index (χ0n) is 18.5. The number of nitrogens with one attached hydrogen (secondary N) is 1. The molecule has 0 bridgehead atoms. The Morgan fingerprint density at radius 2 is 2.15 bits per heavy atom. The van der Waals surface area contributed by atoms with Gasteiger partial charge in [-0.05, 0) is 50.9 Å². The smallest absolute Gasteiger partial charge is 0.272 e. The molecule has 8 nitrogen and oxygen atoms in total. The van der Waals surface area contributed by atoms with Crippen LogP contribution in [0.25, 0.3) is 10.7 Å². The molecule has 4 rings (SSSR count). The maximum absolute atomic E-state index is 12.7. The minimum Gasteiger partial charge on any atom is -0.478 e. The third kappa shape index (κ3) is 5.98. The van der Waals surface area contributed by atoms with Crippen LogP contribution in [-0.4, -0.2) is 52.0 Å². The van der Waals surface area contributed by atoms with Crippen LogP contribution in [-0.2, 0) is 6.54 Å². The molecule has 0 atom stereocenters. The zero-order valence-corrected chi connectivity index (χ0v) is 20.0. The quantitative estimate of drug-likeness (QED) is 0.497. The number of anilines is 1. The Labute approximate surface area is 202 Å². The van der Waals surface area contributed by atoms with Crippen molar-refractivity contribution in [3.63, 3.8) is 0 Å². The number of nitrogens with two attached hydrogens (primary N) is 1. The van der Waals surface area contributed by atoms with E-state index in [2.05, 4.69) is 25.2 Å². The Kier molecular flexibility index (Phi) is 7.74. The number of nitrogen functional groups attached to an aromatic ring is 1. The van der Waals surface area contributed by atoms with E-state index in [1.54, 1.807) is 17.5 Å². The van der Waals surface area contributed by atoms with Crippen molar-refractivity contribution < 1.29 is 9.53 Å². The number of carbonyl (C=O) groups excluding carboxylic acids is 1. The molecule has 3 aromatic heterocycles. The Balaban J connectivity index is 1.26. The van der Waals surface area contributed by atoms with Crippen molar-refractivity contribution in [2.24, 2.45) is 5.92 Å². The lowest BCUT2D eigenvalue weighted by atomic mass is 9.96. The summed E-state index contributed by atoms with van der Waals surface area (Å²) in [5, 5.41) is 4.18. The Morgan fingerprint density at radius 3 is 2.88 bits per heavy atom. The van der Waals surface area contributed by atoms with Crippen molar-refractivity contribution >= 4 is 34.5 Å². The molecule has 174 valence electrons. The molecule has 33 heavy (non-hydrogen) atoms. The van der Waals surface area contributed by atoms with Crippen molar-refractivity contribution in [3.8, 4) is 16.6 Å². The lowest BCUT2D eigenvalue weighted by Gasteiger charge is -2.31. The first kappa shape index (κ1) is 23.4. The SMILES string of the molecule is CCOc1cc(Cl)c(N)c(C(=O)NCC2CCN(Cc3cnc(-c4ccccn4)s3)CC2)n1. The second-order valence-electron chi connectivity index (χ2n) is 7.91. The van der Waals surface area contributed by atoms with Gasteiger partial charge in [-0.1, -0.05) is 17.7 Å². The van der Waals surface area contributed by atoms with Crippen molar-refractivity contribution in [2.75, 3.05) is 32.0 Å². The standard InChI is InChI=1S/C23H27ClN6O2S/c1-2-32-19-11-17(24)20(25)21(29-19)22(31)27-12-15-6-9-30(10-7-15)14-16-13-28-23(33-16)18-5-3-4-8-26-18/h3-5,8,11,13,15H,2,6-7,9-10,12,14,25H2,1H3,(H,27,31). The fourth-order valence-corrected chi connectivity index (χ4v) is 4.89. The van der Waals surface area contributed by atoms with Crippen molar-refractivity contribution in [1.29, 1.82) is 0 Å². The monoisotopic (exact) mass is 486 g/mol. The molecule has 10 heteroatoms. The molecule has 0 spiro atoms. The number of halogens is 1. The number of hydrogen-bond donors (Lipinski definition) is 2. The van der Waals surface area contributed by atoms with Crippen LogP contribution in [0.4, 0.5) is 5.69 Å². The van der Waals surface area contributed by atoms with Gasteiger partial charge in [-0.15, -0.1) is 11.3 Å². The molecule has 0 unspecified atom stereocenters. The Bertz CT molecular complexity index is 1090. The van der Waals surface area contributed by atoms with E-state index in [0.29, 0.717) is 24.9 Å². The van der Waals surface area contributed by atoms with Gasteiger partial charge in [-0.25, -0.2) is 9.97 Å². The van der Waals surface area contributed by atoms with Crippen LogP contribution in [0, 0.1) is 5.92 Å². The minimum atomic E-state index is -0.329. The molecule has 1 fully saturated rings. The second kappa shape index (κ2) is 10.9. The first-order chi connectivity index (χ1) is 16.0. The fraction of sp³-hybridized carbons (Fsp3) is 0.391. The number of hydrogen-bond acceptors (Lipinski definition) is 8. The van der Waals surface area contributed by atoms with Gasteiger partial charge in [0.1, 0.15) is 5.01 Å². The van der Waals surface area contributed by atoms with E-state index >= 15 is 0 Å². The molecule has 1 saturated heterocycles. The highest BCUT2D eigenvalue weighted by Gasteiger charge is 2.22. The number of likely N-dealkylation sites (tertiary alicyclic amines) is 1. The van der Waals surface area contributed by atoms with Crippen LogP contribution in [0.3, 0.4) is 0 Å². The molecular formula is C23H27ClN6O2S. The first-order valence-corrected chi connectivity index (χ1v) is 12.2. The number of piperidine rings is 1. The first-order valence-electron chi connectivity index (χ1n) is 11.0. The lowest BCUT2D eigenvalue weighted by molar-refractivity contribution is 0.0930. The number of amides is 1. The molecular weight excluding hydrogens is 460 g/mol.